The molecule has 1 aliphatic heterocycles. The Morgan fingerprint density at radius 3 is 2.50 bits per heavy atom. The second-order valence-electron chi connectivity index (χ2n) is 5.78. The lowest BCUT2D eigenvalue weighted by Crippen LogP contribution is -2.42. The molecule has 26 heavy (non-hydrogen) atoms. The molecule has 0 spiro atoms. The molecule has 2 aromatic carbocycles. The zero-order valence-corrected chi connectivity index (χ0v) is 13.7. The van der Waals surface area contributed by atoms with Crippen molar-refractivity contribution in [2.75, 3.05) is 5.32 Å². The molecule has 0 saturated heterocycles. The fourth-order valence-electron chi connectivity index (χ4n) is 2.78. The zero-order valence-electron chi connectivity index (χ0n) is 13.7. The van der Waals surface area contributed by atoms with Gasteiger partial charge in [-0.2, -0.15) is 0 Å². The third-order valence-corrected chi connectivity index (χ3v) is 4.12. The minimum Gasteiger partial charge on any atom is -0.446 e. The molecule has 0 aromatic heterocycles. The van der Waals surface area contributed by atoms with Gasteiger partial charge < -0.3 is 10.1 Å². The van der Waals surface area contributed by atoms with Gasteiger partial charge in [0.25, 0.3) is 11.7 Å². The number of fused-ring (bicyclic) bond motifs is 1. The maximum Gasteiger partial charge on any atom is 0.339 e. The minimum atomic E-state index is -2.02. The van der Waals surface area contributed by atoms with Crippen LogP contribution in [0.3, 0.4) is 0 Å². The van der Waals surface area contributed by atoms with Crippen molar-refractivity contribution >= 4 is 23.3 Å². The topological polar surface area (TPSA) is 116 Å². The van der Waals surface area contributed by atoms with Crippen LogP contribution in [0.5, 0.6) is 0 Å². The number of aryl methyl sites for hydroxylation is 1. The van der Waals surface area contributed by atoms with Crippen LogP contribution in [0, 0.1) is 17.0 Å². The van der Waals surface area contributed by atoms with Gasteiger partial charge in [-0.1, -0.05) is 36.4 Å². The number of ketones is 1. The molecule has 1 amide bonds. The number of ether oxygens (including phenoxy) is 1. The van der Waals surface area contributed by atoms with Crippen molar-refractivity contribution in [3.05, 3.63) is 75.3 Å². The summed E-state index contributed by atoms with van der Waals surface area (Å²) in [6.45, 7) is 1.72. The summed E-state index contributed by atoms with van der Waals surface area (Å²) < 4.78 is 5.02. The van der Waals surface area contributed by atoms with Crippen molar-refractivity contribution in [1.82, 2.24) is 0 Å². The van der Waals surface area contributed by atoms with E-state index in [1.54, 1.807) is 43.3 Å². The summed E-state index contributed by atoms with van der Waals surface area (Å²) in [5.41, 5.74) is 1.44. The average Bonchev–Trinajstić information content (AvgIpc) is 2.94. The van der Waals surface area contributed by atoms with E-state index in [0.29, 0.717) is 11.3 Å². The Morgan fingerprint density at radius 1 is 1.15 bits per heavy atom. The van der Waals surface area contributed by atoms with E-state index in [4.69, 9.17) is 4.74 Å². The number of nitro groups is 1. The smallest absolute Gasteiger partial charge is 0.339 e. The van der Waals surface area contributed by atoms with Crippen LogP contribution in [-0.4, -0.2) is 28.6 Å². The Balaban J connectivity index is 1.88. The summed E-state index contributed by atoms with van der Waals surface area (Å²) in [4.78, 5) is 47.2. The van der Waals surface area contributed by atoms with Crippen molar-refractivity contribution in [2.45, 2.75) is 19.1 Å². The van der Waals surface area contributed by atoms with E-state index in [0.717, 1.165) is 0 Å². The van der Waals surface area contributed by atoms with Gasteiger partial charge in [-0.15, -0.1) is 0 Å². The lowest BCUT2D eigenvalue weighted by molar-refractivity contribution is -0.518. The van der Waals surface area contributed by atoms with Crippen LogP contribution < -0.4 is 5.32 Å². The Kier molecular flexibility index (Phi) is 4.49. The van der Waals surface area contributed by atoms with Crippen LogP contribution in [0.4, 0.5) is 5.69 Å². The predicted octanol–water partition coefficient (Wildman–Crippen LogP) is 2.06. The normalized spacial score (nSPS) is 16.3. The Hall–Kier alpha value is -3.55. The van der Waals surface area contributed by atoms with Gasteiger partial charge in [0.1, 0.15) is 0 Å². The molecule has 2 aromatic rings. The van der Waals surface area contributed by atoms with Crippen molar-refractivity contribution in [1.29, 1.82) is 0 Å². The molecular weight excluding hydrogens is 340 g/mol. The number of nitrogens with one attached hydrogen (secondary N) is 1. The fraction of sp³-hybridized carbons (Fsp3) is 0.167. The molecule has 8 heteroatoms. The van der Waals surface area contributed by atoms with E-state index < -0.39 is 34.7 Å². The monoisotopic (exact) mass is 354 g/mol. The molecule has 1 N–H and O–H groups in total. The third-order valence-electron chi connectivity index (χ3n) is 4.12. The molecule has 0 aliphatic carbocycles. The molecule has 1 aliphatic rings. The van der Waals surface area contributed by atoms with Crippen LogP contribution >= 0.6 is 0 Å². The predicted molar refractivity (Wildman–Crippen MR) is 90.2 cm³/mol. The number of Topliss-reactive ketones (excluding diaryl/α,β-unsaturated/α-hetero) is 1. The molecule has 1 heterocycles. The van der Waals surface area contributed by atoms with Gasteiger partial charge in [-0.25, -0.2) is 4.79 Å². The Morgan fingerprint density at radius 2 is 1.81 bits per heavy atom. The van der Waals surface area contributed by atoms with Crippen LogP contribution in [0.1, 0.15) is 27.6 Å². The van der Waals surface area contributed by atoms with E-state index in [1.165, 1.54) is 12.1 Å². The Labute approximate surface area is 147 Å². The van der Waals surface area contributed by atoms with Crippen LogP contribution in [0.25, 0.3) is 0 Å². The van der Waals surface area contributed by atoms with Crippen LogP contribution in [-0.2, 0) is 14.3 Å². The first-order valence-electron chi connectivity index (χ1n) is 7.74. The van der Waals surface area contributed by atoms with Gasteiger partial charge >= 0.3 is 12.0 Å². The summed E-state index contributed by atoms with van der Waals surface area (Å²) >= 11 is 0. The molecule has 0 fully saturated rings. The fourth-order valence-corrected chi connectivity index (χ4v) is 2.78. The number of cyclic esters (lactones) is 1. The van der Waals surface area contributed by atoms with Gasteiger partial charge in [0.05, 0.1) is 5.56 Å². The number of benzene rings is 2. The Bertz CT molecular complexity index is 923. The minimum absolute atomic E-state index is 0.150. The molecule has 2 atom stereocenters. The second kappa shape index (κ2) is 6.75. The highest BCUT2D eigenvalue weighted by Crippen LogP contribution is 2.34. The van der Waals surface area contributed by atoms with Gasteiger partial charge in [0.15, 0.2) is 0 Å². The molecule has 0 saturated carbocycles. The second-order valence-corrected chi connectivity index (χ2v) is 5.78. The number of hydrogen-bond acceptors (Lipinski definition) is 6. The quantitative estimate of drug-likeness (QED) is 0.380. The summed E-state index contributed by atoms with van der Waals surface area (Å²) in [6, 6.07) is 10.8. The number of carbonyl (C=O) groups excluding carboxylic acids is 3. The van der Waals surface area contributed by atoms with Crippen molar-refractivity contribution in [3.63, 3.8) is 0 Å². The number of esters is 1. The maximum absolute atomic E-state index is 12.5. The van der Waals surface area contributed by atoms with Crippen molar-refractivity contribution in [2.24, 2.45) is 0 Å². The number of para-hydroxylation sites is 1. The summed E-state index contributed by atoms with van der Waals surface area (Å²) in [5.74, 6) is -3.18. The van der Waals surface area contributed by atoms with E-state index in [2.05, 4.69) is 5.32 Å². The maximum atomic E-state index is 12.5. The molecule has 0 radical (unpaired) electrons. The third kappa shape index (κ3) is 3.04. The summed E-state index contributed by atoms with van der Waals surface area (Å²) in [6.07, 6.45) is -1.44. The molecular formula is C18H14N2O6. The van der Waals surface area contributed by atoms with Gasteiger partial charge in [0, 0.05) is 16.2 Å². The lowest BCUT2D eigenvalue weighted by Gasteiger charge is -2.15. The largest absolute Gasteiger partial charge is 0.446 e. The highest BCUT2D eigenvalue weighted by Gasteiger charge is 2.49. The number of amides is 1. The highest BCUT2D eigenvalue weighted by molar-refractivity contribution is 6.42. The van der Waals surface area contributed by atoms with E-state index >= 15 is 0 Å². The molecule has 132 valence electrons. The summed E-state index contributed by atoms with van der Waals surface area (Å²) in [7, 11) is 0. The van der Waals surface area contributed by atoms with Crippen molar-refractivity contribution < 1.29 is 24.0 Å². The molecule has 3 rings (SSSR count). The van der Waals surface area contributed by atoms with E-state index in [-0.39, 0.29) is 11.1 Å². The van der Waals surface area contributed by atoms with Gasteiger partial charge in [-0.3, -0.25) is 19.7 Å². The number of anilines is 1. The van der Waals surface area contributed by atoms with E-state index in [9.17, 15) is 24.5 Å². The average molecular weight is 354 g/mol. The molecule has 0 bridgehead atoms. The number of carbonyl (C=O) groups is 3. The van der Waals surface area contributed by atoms with Crippen molar-refractivity contribution in [3.8, 4) is 0 Å². The number of rotatable bonds is 5. The summed E-state index contributed by atoms with van der Waals surface area (Å²) in [5, 5.41) is 13.9. The van der Waals surface area contributed by atoms with Gasteiger partial charge in [-0.05, 0) is 24.6 Å². The first kappa shape index (κ1) is 17.3. The zero-order chi connectivity index (χ0) is 18.8. The first-order chi connectivity index (χ1) is 12.4. The molecule has 0 unspecified atom stereocenters. The number of nitrogens with zero attached hydrogens (tertiary/aromatic N) is 1. The highest BCUT2D eigenvalue weighted by atomic mass is 16.6. The van der Waals surface area contributed by atoms with Crippen LogP contribution in [0.15, 0.2) is 48.5 Å². The lowest BCUT2D eigenvalue weighted by atomic mass is 9.97. The van der Waals surface area contributed by atoms with Crippen LogP contribution in [0.2, 0.25) is 0 Å². The van der Waals surface area contributed by atoms with Gasteiger partial charge in [0.2, 0.25) is 6.10 Å². The van der Waals surface area contributed by atoms with E-state index in [1.807, 2.05) is 0 Å². The first-order valence-corrected chi connectivity index (χ1v) is 7.74. The standard InChI is InChI=1S/C18H14N2O6/c1-10-6-2-5-9-13(10)19-17(22)15(21)14(20(24)25)16-11-7-3-4-8-12(11)18(23)26-16/h2-9,14,16H,1H3,(H,19,22)/t14-,16-/m1/s1. The number of hydrogen-bond donors (Lipinski definition) is 1. The molecule has 8 nitrogen and oxygen atoms in total. The SMILES string of the molecule is Cc1ccccc1NC(=O)C(=O)[C@H]([C@@H]1OC(=O)c2ccccc21)[N+](=O)[O-].